The molecule has 0 fully saturated rings. The van der Waals surface area contributed by atoms with Gasteiger partial charge in [-0.2, -0.15) is 5.10 Å². The summed E-state index contributed by atoms with van der Waals surface area (Å²) in [5, 5.41) is 12.3. The quantitative estimate of drug-likeness (QED) is 0.507. The molecule has 0 saturated heterocycles. The maximum Gasteiger partial charge on any atom is 0.324 e. The molecule has 0 saturated carbocycles. The SMILES string of the molecule is CC(=O)Nc1cc(CCc2ccc(NC(=O)Nc3cc(C(C)(C)C)nn3C)c(F)c2)ccn1. The van der Waals surface area contributed by atoms with E-state index < -0.39 is 11.8 Å². The molecule has 3 amide bonds. The van der Waals surface area contributed by atoms with Crippen molar-refractivity contribution in [3.63, 3.8) is 0 Å². The van der Waals surface area contributed by atoms with Gasteiger partial charge in [0, 0.05) is 31.6 Å². The van der Waals surface area contributed by atoms with Crippen molar-refractivity contribution in [3.8, 4) is 0 Å². The maximum atomic E-state index is 14.6. The molecule has 0 aliphatic heterocycles. The van der Waals surface area contributed by atoms with Crippen LogP contribution in [0.5, 0.6) is 0 Å². The van der Waals surface area contributed by atoms with Gasteiger partial charge in [-0.15, -0.1) is 0 Å². The molecule has 0 spiro atoms. The van der Waals surface area contributed by atoms with Crippen LogP contribution in [-0.2, 0) is 30.1 Å². The Kier molecular flexibility index (Phi) is 7.10. The molecule has 0 unspecified atom stereocenters. The first-order chi connectivity index (χ1) is 15.5. The number of nitrogens with one attached hydrogen (secondary N) is 3. The number of aromatic nitrogens is 3. The van der Waals surface area contributed by atoms with Crippen molar-refractivity contribution >= 4 is 29.3 Å². The van der Waals surface area contributed by atoms with Crippen molar-refractivity contribution in [2.24, 2.45) is 7.05 Å². The summed E-state index contributed by atoms with van der Waals surface area (Å²) in [4.78, 5) is 27.7. The minimum absolute atomic E-state index is 0.0892. The lowest BCUT2D eigenvalue weighted by molar-refractivity contribution is -0.114. The number of carbonyl (C=O) groups is 2. The van der Waals surface area contributed by atoms with Crippen LogP contribution in [0.4, 0.5) is 26.5 Å². The molecule has 33 heavy (non-hydrogen) atoms. The summed E-state index contributed by atoms with van der Waals surface area (Å²) in [6.07, 6.45) is 2.87. The van der Waals surface area contributed by atoms with E-state index in [0.29, 0.717) is 24.5 Å². The average molecular weight is 453 g/mol. The largest absolute Gasteiger partial charge is 0.324 e. The molecular formula is C24H29FN6O2. The van der Waals surface area contributed by atoms with Gasteiger partial charge in [0.05, 0.1) is 11.4 Å². The number of carbonyl (C=O) groups excluding carboxylic acids is 2. The first-order valence-corrected chi connectivity index (χ1v) is 10.6. The number of aryl methyl sites for hydroxylation is 3. The predicted molar refractivity (Wildman–Crippen MR) is 127 cm³/mol. The Morgan fingerprint density at radius 1 is 1.00 bits per heavy atom. The monoisotopic (exact) mass is 452 g/mol. The number of hydrogen-bond donors (Lipinski definition) is 3. The Morgan fingerprint density at radius 2 is 1.70 bits per heavy atom. The molecule has 0 aliphatic carbocycles. The normalized spacial score (nSPS) is 11.2. The van der Waals surface area contributed by atoms with E-state index in [1.165, 1.54) is 13.0 Å². The molecule has 0 radical (unpaired) electrons. The summed E-state index contributed by atoms with van der Waals surface area (Å²) in [5.41, 5.74) is 2.54. The summed E-state index contributed by atoms with van der Waals surface area (Å²) < 4.78 is 16.2. The van der Waals surface area contributed by atoms with E-state index in [4.69, 9.17) is 0 Å². The molecule has 3 aromatic rings. The molecule has 0 aliphatic rings. The third kappa shape index (κ3) is 6.61. The van der Waals surface area contributed by atoms with E-state index in [1.54, 1.807) is 42.2 Å². The van der Waals surface area contributed by atoms with Gasteiger partial charge in [-0.25, -0.2) is 14.2 Å². The minimum atomic E-state index is -0.549. The van der Waals surface area contributed by atoms with Gasteiger partial charge < -0.3 is 10.6 Å². The van der Waals surface area contributed by atoms with Gasteiger partial charge in [-0.3, -0.25) is 14.8 Å². The summed E-state index contributed by atoms with van der Waals surface area (Å²) >= 11 is 0. The van der Waals surface area contributed by atoms with E-state index in [-0.39, 0.29) is 17.0 Å². The molecule has 174 valence electrons. The smallest absolute Gasteiger partial charge is 0.311 e. The Hall–Kier alpha value is -3.75. The second kappa shape index (κ2) is 9.81. The van der Waals surface area contributed by atoms with Crippen LogP contribution in [0.15, 0.2) is 42.6 Å². The first kappa shape index (κ1) is 23.9. The van der Waals surface area contributed by atoms with E-state index in [1.807, 2.05) is 26.8 Å². The number of amides is 3. The average Bonchev–Trinajstić information content (AvgIpc) is 3.09. The molecule has 3 rings (SSSR count). The number of anilines is 3. The molecule has 0 bridgehead atoms. The lowest BCUT2D eigenvalue weighted by Gasteiger charge is -2.13. The highest BCUT2D eigenvalue weighted by atomic mass is 19.1. The Balaban J connectivity index is 1.60. The van der Waals surface area contributed by atoms with Crippen LogP contribution in [0.25, 0.3) is 0 Å². The second-order valence-corrected chi connectivity index (χ2v) is 8.91. The Labute approximate surface area is 192 Å². The van der Waals surface area contributed by atoms with Crippen molar-refractivity contribution in [3.05, 3.63) is 65.2 Å². The zero-order valence-corrected chi connectivity index (χ0v) is 19.5. The van der Waals surface area contributed by atoms with E-state index >= 15 is 0 Å². The van der Waals surface area contributed by atoms with Crippen molar-refractivity contribution in [2.45, 2.75) is 46.0 Å². The lowest BCUT2D eigenvalue weighted by atomic mass is 9.92. The van der Waals surface area contributed by atoms with Gasteiger partial charge in [0.25, 0.3) is 0 Å². The van der Waals surface area contributed by atoms with Gasteiger partial charge in [-0.05, 0) is 48.2 Å². The predicted octanol–water partition coefficient (Wildman–Crippen LogP) is 4.64. The minimum Gasteiger partial charge on any atom is -0.311 e. The first-order valence-electron chi connectivity index (χ1n) is 10.6. The van der Waals surface area contributed by atoms with Crippen molar-refractivity contribution < 1.29 is 14.0 Å². The standard InChI is InChI=1S/C24H29FN6O2/c1-15(32)27-21-13-17(10-11-26-21)7-6-16-8-9-19(18(25)12-16)28-23(33)29-22-14-20(24(2,3)4)30-31(22)5/h8-14H,6-7H2,1-5H3,(H,26,27,32)(H2,28,29,33). The summed E-state index contributed by atoms with van der Waals surface area (Å²) in [5.74, 6) is 0.300. The number of hydrogen-bond acceptors (Lipinski definition) is 4. The number of pyridine rings is 1. The van der Waals surface area contributed by atoms with Gasteiger partial charge >= 0.3 is 6.03 Å². The zero-order valence-electron chi connectivity index (χ0n) is 19.5. The van der Waals surface area contributed by atoms with Crippen LogP contribution in [0.2, 0.25) is 0 Å². The van der Waals surface area contributed by atoms with Gasteiger partial charge in [0.2, 0.25) is 5.91 Å². The fourth-order valence-corrected chi connectivity index (χ4v) is 3.20. The molecular weight excluding hydrogens is 423 g/mol. The summed E-state index contributed by atoms with van der Waals surface area (Å²) in [7, 11) is 1.74. The van der Waals surface area contributed by atoms with Crippen LogP contribution >= 0.6 is 0 Å². The molecule has 0 atom stereocenters. The van der Waals surface area contributed by atoms with Crippen LogP contribution in [0, 0.1) is 5.82 Å². The van der Waals surface area contributed by atoms with Crippen LogP contribution in [-0.4, -0.2) is 26.7 Å². The van der Waals surface area contributed by atoms with Crippen LogP contribution < -0.4 is 16.0 Å². The number of nitrogens with zero attached hydrogens (tertiary/aromatic N) is 3. The molecule has 1 aromatic carbocycles. The highest BCUT2D eigenvalue weighted by Crippen LogP contribution is 2.24. The zero-order chi connectivity index (χ0) is 24.2. The van der Waals surface area contributed by atoms with Crippen LogP contribution in [0.1, 0.15) is 44.5 Å². The van der Waals surface area contributed by atoms with Crippen molar-refractivity contribution in [2.75, 3.05) is 16.0 Å². The van der Waals surface area contributed by atoms with E-state index in [9.17, 15) is 14.0 Å². The summed E-state index contributed by atoms with van der Waals surface area (Å²) in [6.45, 7) is 7.53. The van der Waals surface area contributed by atoms with E-state index in [0.717, 1.165) is 16.8 Å². The topological polar surface area (TPSA) is 101 Å². The van der Waals surface area contributed by atoms with Gasteiger partial charge in [0.1, 0.15) is 17.5 Å². The van der Waals surface area contributed by atoms with Gasteiger partial charge in [-0.1, -0.05) is 26.8 Å². The molecule has 9 heteroatoms. The lowest BCUT2D eigenvalue weighted by Crippen LogP contribution is -2.21. The number of halogens is 1. The highest BCUT2D eigenvalue weighted by Gasteiger charge is 2.20. The number of urea groups is 1. The second-order valence-electron chi connectivity index (χ2n) is 8.91. The van der Waals surface area contributed by atoms with Gasteiger partial charge in [0.15, 0.2) is 0 Å². The fourth-order valence-electron chi connectivity index (χ4n) is 3.20. The fraction of sp³-hybridized carbons (Fsp3) is 0.333. The maximum absolute atomic E-state index is 14.6. The highest BCUT2D eigenvalue weighted by molar-refractivity contribution is 5.99. The third-order valence-corrected chi connectivity index (χ3v) is 5.00. The van der Waals surface area contributed by atoms with E-state index in [2.05, 4.69) is 26.0 Å². The Bertz CT molecular complexity index is 1170. The number of rotatable bonds is 6. The van der Waals surface area contributed by atoms with Crippen LogP contribution in [0.3, 0.4) is 0 Å². The van der Waals surface area contributed by atoms with Crippen molar-refractivity contribution in [1.29, 1.82) is 0 Å². The summed E-state index contributed by atoms with van der Waals surface area (Å²) in [6, 6.07) is 9.63. The third-order valence-electron chi connectivity index (χ3n) is 5.00. The molecule has 2 aromatic heterocycles. The Morgan fingerprint density at radius 3 is 2.30 bits per heavy atom. The van der Waals surface area contributed by atoms with Crippen molar-refractivity contribution in [1.82, 2.24) is 14.8 Å². The molecule has 8 nitrogen and oxygen atoms in total. The number of benzene rings is 1. The molecule has 2 heterocycles. The molecule has 3 N–H and O–H groups in total.